The van der Waals surface area contributed by atoms with Gasteiger partial charge >= 0.3 is 0 Å². The summed E-state index contributed by atoms with van der Waals surface area (Å²) in [5, 5.41) is 0.333. The summed E-state index contributed by atoms with van der Waals surface area (Å²) in [7, 11) is 0. The minimum atomic E-state index is -0.290. The molecule has 4 nitrogen and oxygen atoms in total. The molecule has 0 aliphatic rings. The van der Waals surface area contributed by atoms with E-state index in [1.165, 1.54) is 12.1 Å². The zero-order valence-electron chi connectivity index (χ0n) is 9.43. The standard InChI is InChI=1S/C12H8ClFN4/c1-7-16-11(13)10-12(17-7)15-6-18(10)9-4-2-8(14)3-5-9/h2-6H,1H3. The van der Waals surface area contributed by atoms with Crippen molar-refractivity contribution in [3.8, 4) is 5.69 Å². The van der Waals surface area contributed by atoms with Crippen molar-refractivity contribution >= 4 is 22.8 Å². The first-order valence-corrected chi connectivity index (χ1v) is 5.66. The van der Waals surface area contributed by atoms with E-state index in [4.69, 9.17) is 11.6 Å². The predicted octanol–water partition coefficient (Wildman–Crippen LogP) is 2.92. The van der Waals surface area contributed by atoms with Crippen molar-refractivity contribution in [3.05, 3.63) is 47.4 Å². The van der Waals surface area contributed by atoms with Gasteiger partial charge in [-0.3, -0.25) is 4.57 Å². The highest BCUT2D eigenvalue weighted by atomic mass is 35.5. The van der Waals surface area contributed by atoms with Crippen LogP contribution in [-0.2, 0) is 0 Å². The smallest absolute Gasteiger partial charge is 0.182 e. The Labute approximate surface area is 107 Å². The monoisotopic (exact) mass is 262 g/mol. The van der Waals surface area contributed by atoms with Gasteiger partial charge in [0.25, 0.3) is 0 Å². The van der Waals surface area contributed by atoms with Gasteiger partial charge in [-0.2, -0.15) is 0 Å². The number of aromatic nitrogens is 4. The molecule has 0 spiro atoms. The normalized spacial score (nSPS) is 11.1. The minimum Gasteiger partial charge on any atom is -0.295 e. The molecule has 0 aliphatic heterocycles. The summed E-state index contributed by atoms with van der Waals surface area (Å²) >= 11 is 6.10. The molecule has 6 heteroatoms. The van der Waals surface area contributed by atoms with Gasteiger partial charge in [0.2, 0.25) is 0 Å². The number of imidazole rings is 1. The molecule has 18 heavy (non-hydrogen) atoms. The lowest BCUT2D eigenvalue weighted by atomic mass is 10.3. The van der Waals surface area contributed by atoms with Crippen molar-refractivity contribution < 1.29 is 4.39 Å². The van der Waals surface area contributed by atoms with Crippen molar-refractivity contribution in [1.29, 1.82) is 0 Å². The van der Waals surface area contributed by atoms with Crippen molar-refractivity contribution in [2.45, 2.75) is 6.92 Å². The van der Waals surface area contributed by atoms with Crippen molar-refractivity contribution in [1.82, 2.24) is 19.5 Å². The molecule has 3 aromatic rings. The summed E-state index contributed by atoms with van der Waals surface area (Å²) < 4.78 is 14.6. The summed E-state index contributed by atoms with van der Waals surface area (Å²) in [5.41, 5.74) is 1.90. The summed E-state index contributed by atoms with van der Waals surface area (Å²) in [6.45, 7) is 1.75. The summed E-state index contributed by atoms with van der Waals surface area (Å²) in [6, 6.07) is 6.05. The molecule has 3 rings (SSSR count). The first kappa shape index (κ1) is 11.1. The highest BCUT2D eigenvalue weighted by Gasteiger charge is 2.11. The van der Waals surface area contributed by atoms with Gasteiger partial charge in [0.1, 0.15) is 23.5 Å². The number of rotatable bonds is 1. The second-order valence-electron chi connectivity index (χ2n) is 3.82. The van der Waals surface area contributed by atoms with Gasteiger partial charge in [0.15, 0.2) is 10.8 Å². The maximum atomic E-state index is 12.9. The molecule has 0 N–H and O–H groups in total. The Morgan fingerprint density at radius 1 is 1.17 bits per heavy atom. The maximum Gasteiger partial charge on any atom is 0.182 e. The lowest BCUT2D eigenvalue weighted by molar-refractivity contribution is 0.627. The largest absolute Gasteiger partial charge is 0.295 e. The molecule has 2 aromatic heterocycles. The Balaban J connectivity index is 2.27. The molecule has 0 saturated heterocycles. The molecule has 90 valence electrons. The SMILES string of the molecule is Cc1nc(Cl)c2c(ncn2-c2ccc(F)cc2)n1. The van der Waals surface area contributed by atoms with E-state index in [0.717, 1.165) is 5.69 Å². The second-order valence-corrected chi connectivity index (χ2v) is 4.18. The van der Waals surface area contributed by atoms with E-state index in [1.54, 1.807) is 30.0 Å². The lowest BCUT2D eigenvalue weighted by Crippen LogP contribution is -1.96. The topological polar surface area (TPSA) is 43.6 Å². The molecule has 2 heterocycles. The third-order valence-electron chi connectivity index (χ3n) is 2.58. The van der Waals surface area contributed by atoms with Crippen molar-refractivity contribution in [2.75, 3.05) is 0 Å². The van der Waals surface area contributed by atoms with Crippen LogP contribution in [0.5, 0.6) is 0 Å². The van der Waals surface area contributed by atoms with E-state index in [1.807, 2.05) is 0 Å². The van der Waals surface area contributed by atoms with Crippen LogP contribution in [0.15, 0.2) is 30.6 Å². The van der Waals surface area contributed by atoms with Crippen LogP contribution in [0.3, 0.4) is 0 Å². The Morgan fingerprint density at radius 2 is 1.89 bits per heavy atom. The van der Waals surface area contributed by atoms with Gasteiger partial charge in [-0.1, -0.05) is 11.6 Å². The van der Waals surface area contributed by atoms with Crippen molar-refractivity contribution in [3.63, 3.8) is 0 Å². The zero-order chi connectivity index (χ0) is 12.7. The van der Waals surface area contributed by atoms with E-state index < -0.39 is 0 Å². The molecule has 0 fully saturated rings. The predicted molar refractivity (Wildman–Crippen MR) is 66.4 cm³/mol. The Hall–Kier alpha value is -2.01. The molecular weight excluding hydrogens is 255 g/mol. The highest BCUT2D eigenvalue weighted by molar-refractivity contribution is 6.33. The van der Waals surface area contributed by atoms with Crippen LogP contribution in [0.25, 0.3) is 16.9 Å². The molecule has 0 unspecified atom stereocenters. The average Bonchev–Trinajstić information content (AvgIpc) is 2.74. The first-order valence-electron chi connectivity index (χ1n) is 5.28. The lowest BCUT2D eigenvalue weighted by Gasteiger charge is -2.04. The highest BCUT2D eigenvalue weighted by Crippen LogP contribution is 2.23. The van der Waals surface area contributed by atoms with Gasteiger partial charge in [-0.25, -0.2) is 19.3 Å². The van der Waals surface area contributed by atoms with E-state index in [9.17, 15) is 4.39 Å². The number of fused-ring (bicyclic) bond motifs is 1. The van der Waals surface area contributed by atoms with E-state index >= 15 is 0 Å². The fourth-order valence-electron chi connectivity index (χ4n) is 1.78. The number of hydrogen-bond acceptors (Lipinski definition) is 3. The van der Waals surface area contributed by atoms with Gasteiger partial charge in [-0.05, 0) is 31.2 Å². The van der Waals surface area contributed by atoms with Gasteiger partial charge in [0, 0.05) is 5.69 Å². The quantitative estimate of drug-likeness (QED) is 0.634. The summed E-state index contributed by atoms with van der Waals surface area (Å²) in [4.78, 5) is 12.5. The number of halogens is 2. The molecule has 1 aromatic carbocycles. The number of benzene rings is 1. The van der Waals surface area contributed by atoms with Gasteiger partial charge < -0.3 is 0 Å². The fraction of sp³-hybridized carbons (Fsp3) is 0.0833. The van der Waals surface area contributed by atoms with Crippen LogP contribution in [0.4, 0.5) is 4.39 Å². The summed E-state index contributed by atoms with van der Waals surface area (Å²) in [5.74, 6) is 0.276. The first-order chi connectivity index (χ1) is 8.65. The summed E-state index contributed by atoms with van der Waals surface area (Å²) in [6.07, 6.45) is 1.60. The Bertz CT molecular complexity index is 721. The Kier molecular flexibility index (Phi) is 2.48. The van der Waals surface area contributed by atoms with E-state index in [0.29, 0.717) is 22.1 Å². The molecule has 0 amide bonds. The Morgan fingerprint density at radius 3 is 2.61 bits per heavy atom. The second kappa shape index (κ2) is 4.03. The van der Waals surface area contributed by atoms with E-state index in [-0.39, 0.29) is 5.82 Å². The van der Waals surface area contributed by atoms with Crippen LogP contribution >= 0.6 is 11.6 Å². The average molecular weight is 263 g/mol. The van der Waals surface area contributed by atoms with Crippen LogP contribution in [0.1, 0.15) is 5.82 Å². The zero-order valence-corrected chi connectivity index (χ0v) is 10.2. The minimum absolute atomic E-state index is 0.290. The maximum absolute atomic E-state index is 12.9. The third kappa shape index (κ3) is 1.73. The van der Waals surface area contributed by atoms with Gasteiger partial charge in [0.05, 0.1) is 0 Å². The number of nitrogens with zero attached hydrogens (tertiary/aromatic N) is 4. The number of hydrogen-bond donors (Lipinski definition) is 0. The third-order valence-corrected chi connectivity index (χ3v) is 2.84. The molecule has 0 bridgehead atoms. The van der Waals surface area contributed by atoms with Crippen LogP contribution in [0, 0.1) is 12.7 Å². The molecule has 0 atom stereocenters. The van der Waals surface area contributed by atoms with Crippen LogP contribution in [0.2, 0.25) is 5.15 Å². The van der Waals surface area contributed by atoms with Gasteiger partial charge in [-0.15, -0.1) is 0 Å². The fourth-order valence-corrected chi connectivity index (χ4v) is 2.08. The molecule has 0 saturated carbocycles. The van der Waals surface area contributed by atoms with E-state index in [2.05, 4.69) is 15.0 Å². The molecule has 0 radical (unpaired) electrons. The van der Waals surface area contributed by atoms with Crippen LogP contribution in [-0.4, -0.2) is 19.5 Å². The molecule has 0 aliphatic carbocycles. The van der Waals surface area contributed by atoms with Crippen LogP contribution < -0.4 is 0 Å². The van der Waals surface area contributed by atoms with Crippen molar-refractivity contribution in [2.24, 2.45) is 0 Å². The molecular formula is C12H8ClFN4. The number of aryl methyl sites for hydroxylation is 1.